The highest BCUT2D eigenvalue weighted by atomic mass is 19.1. The van der Waals surface area contributed by atoms with Crippen LogP contribution in [-0.4, -0.2) is 55.2 Å². The van der Waals surface area contributed by atoms with E-state index in [9.17, 15) is 14.4 Å². The second-order valence-corrected chi connectivity index (χ2v) is 8.31. The lowest BCUT2D eigenvalue weighted by atomic mass is 9.99. The summed E-state index contributed by atoms with van der Waals surface area (Å²) in [4.78, 5) is 21.4. The Morgan fingerprint density at radius 3 is 2.65 bits per heavy atom. The Bertz CT molecular complexity index is 998. The fourth-order valence-corrected chi connectivity index (χ4v) is 4.22. The van der Waals surface area contributed by atoms with Gasteiger partial charge in [0.2, 0.25) is 5.91 Å². The maximum Gasteiger partial charge on any atom is 0.225 e. The molecule has 1 amide bonds. The van der Waals surface area contributed by atoms with Crippen LogP contribution in [0.5, 0.6) is 0 Å². The zero-order chi connectivity index (χ0) is 22.0. The minimum absolute atomic E-state index is 0.0209. The number of halogens is 1. The molecule has 1 aromatic heterocycles. The largest absolute Gasteiger partial charge is 0.384 e. The number of ether oxygens (including phenoxy) is 1. The average Bonchev–Trinajstić information content (AvgIpc) is 3.62. The summed E-state index contributed by atoms with van der Waals surface area (Å²) < 4.78 is 18.4. The van der Waals surface area contributed by atoms with Crippen molar-refractivity contribution >= 4 is 11.7 Å². The van der Waals surface area contributed by atoms with Crippen LogP contribution in [0.3, 0.4) is 0 Å². The number of anilines is 1. The summed E-state index contributed by atoms with van der Waals surface area (Å²) in [7, 11) is 1.59. The highest BCUT2D eigenvalue weighted by Crippen LogP contribution is 2.45. The fraction of sp³-hybridized carbons (Fsp3) is 0.458. The lowest BCUT2D eigenvalue weighted by Gasteiger charge is -2.41. The van der Waals surface area contributed by atoms with Gasteiger partial charge in [-0.1, -0.05) is 12.1 Å². The van der Waals surface area contributed by atoms with Crippen molar-refractivity contribution in [2.24, 2.45) is 0 Å². The van der Waals surface area contributed by atoms with Crippen LogP contribution < -0.4 is 4.90 Å². The first-order valence-electron chi connectivity index (χ1n) is 10.8. The molecule has 1 aliphatic heterocycles. The summed E-state index contributed by atoms with van der Waals surface area (Å²) in [5.74, 6) is 0.869. The van der Waals surface area contributed by atoms with Gasteiger partial charge in [0.1, 0.15) is 17.7 Å². The maximum absolute atomic E-state index is 13.4. The van der Waals surface area contributed by atoms with Gasteiger partial charge in [-0.15, -0.1) is 0 Å². The molecule has 2 aliphatic rings. The molecule has 4 rings (SSSR count). The molecule has 0 bridgehead atoms. The number of benzene rings is 1. The molecule has 2 fully saturated rings. The van der Waals surface area contributed by atoms with Crippen molar-refractivity contribution in [2.75, 3.05) is 38.3 Å². The van der Waals surface area contributed by atoms with E-state index in [1.165, 1.54) is 12.1 Å². The van der Waals surface area contributed by atoms with Crippen LogP contribution in [0.15, 0.2) is 30.3 Å². The quantitative estimate of drug-likeness (QED) is 0.710. The van der Waals surface area contributed by atoms with Crippen LogP contribution in [-0.2, 0) is 9.53 Å². The molecule has 6 nitrogen and oxygen atoms in total. The third-order valence-electron chi connectivity index (χ3n) is 6.04. The number of nitriles is 1. The van der Waals surface area contributed by atoms with Gasteiger partial charge in [0, 0.05) is 44.3 Å². The standard InChI is InChI=1S/C24H27FN4O2/c1-16-15-28(10-11-29(16)22(30)9-12-31-2)24-19(14-26)13-21(23(27-24)18-3-4-18)17-5-7-20(25)8-6-17/h5-8,13,16,18H,3-4,9-12,15H2,1-2H3/t16-/m1/s1. The van der Waals surface area contributed by atoms with E-state index in [4.69, 9.17) is 9.72 Å². The summed E-state index contributed by atoms with van der Waals surface area (Å²) in [6.07, 6.45) is 2.52. The minimum Gasteiger partial charge on any atom is -0.384 e. The number of amides is 1. The van der Waals surface area contributed by atoms with Gasteiger partial charge in [-0.3, -0.25) is 4.79 Å². The second-order valence-electron chi connectivity index (χ2n) is 8.31. The van der Waals surface area contributed by atoms with Crippen LogP contribution in [0, 0.1) is 17.1 Å². The van der Waals surface area contributed by atoms with Gasteiger partial charge >= 0.3 is 0 Å². The third-order valence-corrected chi connectivity index (χ3v) is 6.04. The zero-order valence-electron chi connectivity index (χ0n) is 18.0. The van der Waals surface area contributed by atoms with Gasteiger partial charge < -0.3 is 14.5 Å². The number of rotatable bonds is 6. The Kier molecular flexibility index (Phi) is 6.19. The number of nitrogens with zero attached hydrogens (tertiary/aromatic N) is 4. The topological polar surface area (TPSA) is 69.5 Å². The van der Waals surface area contributed by atoms with Crippen molar-refractivity contribution in [3.8, 4) is 17.2 Å². The smallest absolute Gasteiger partial charge is 0.225 e. The van der Waals surface area contributed by atoms with Crippen molar-refractivity contribution < 1.29 is 13.9 Å². The Balaban J connectivity index is 1.62. The molecule has 0 N–H and O–H groups in total. The minimum atomic E-state index is -0.284. The number of hydrogen-bond acceptors (Lipinski definition) is 5. The molecule has 0 radical (unpaired) electrons. The van der Waals surface area contributed by atoms with E-state index in [0.29, 0.717) is 50.0 Å². The van der Waals surface area contributed by atoms with Crippen molar-refractivity contribution in [3.05, 3.63) is 47.4 Å². The summed E-state index contributed by atoms with van der Waals surface area (Å²) in [5.41, 5.74) is 3.27. The number of carbonyl (C=O) groups is 1. The number of methoxy groups -OCH3 is 1. The third kappa shape index (κ3) is 4.54. The van der Waals surface area contributed by atoms with Gasteiger partial charge in [0.15, 0.2) is 0 Å². The van der Waals surface area contributed by atoms with E-state index in [1.807, 2.05) is 17.9 Å². The average molecular weight is 423 g/mol. The number of hydrogen-bond donors (Lipinski definition) is 0. The number of piperazine rings is 1. The maximum atomic E-state index is 13.4. The first kappa shape index (κ1) is 21.3. The van der Waals surface area contributed by atoms with E-state index < -0.39 is 0 Å². The lowest BCUT2D eigenvalue weighted by Crippen LogP contribution is -2.54. The number of aromatic nitrogens is 1. The predicted molar refractivity (Wildman–Crippen MR) is 116 cm³/mol. The van der Waals surface area contributed by atoms with E-state index >= 15 is 0 Å². The van der Waals surface area contributed by atoms with Crippen LogP contribution in [0.25, 0.3) is 11.1 Å². The molecular formula is C24H27FN4O2. The van der Waals surface area contributed by atoms with Gasteiger partial charge in [-0.05, 0) is 43.5 Å². The van der Waals surface area contributed by atoms with Crippen molar-refractivity contribution in [1.82, 2.24) is 9.88 Å². The van der Waals surface area contributed by atoms with E-state index in [0.717, 1.165) is 29.7 Å². The number of carbonyl (C=O) groups excluding carboxylic acids is 1. The fourth-order valence-electron chi connectivity index (χ4n) is 4.22. The van der Waals surface area contributed by atoms with Crippen LogP contribution in [0.4, 0.5) is 10.2 Å². The molecule has 2 aromatic rings. The Labute approximate surface area is 182 Å². The number of pyridine rings is 1. The van der Waals surface area contributed by atoms with Gasteiger partial charge in [-0.25, -0.2) is 9.37 Å². The predicted octanol–water partition coefficient (Wildman–Crippen LogP) is 3.71. The molecule has 162 valence electrons. The summed E-state index contributed by atoms with van der Waals surface area (Å²) in [6.45, 7) is 4.29. The van der Waals surface area contributed by atoms with Gasteiger partial charge in [0.25, 0.3) is 0 Å². The first-order chi connectivity index (χ1) is 15.0. The van der Waals surface area contributed by atoms with E-state index in [2.05, 4.69) is 11.0 Å². The molecule has 1 atom stereocenters. The molecule has 31 heavy (non-hydrogen) atoms. The molecule has 0 unspecified atom stereocenters. The summed E-state index contributed by atoms with van der Waals surface area (Å²) in [5, 5.41) is 9.86. The molecule has 1 aromatic carbocycles. The first-order valence-corrected chi connectivity index (χ1v) is 10.8. The highest BCUT2D eigenvalue weighted by Gasteiger charge is 2.33. The zero-order valence-corrected chi connectivity index (χ0v) is 18.0. The monoisotopic (exact) mass is 422 g/mol. The SMILES string of the molecule is COCCC(=O)N1CCN(c2nc(C3CC3)c(-c3ccc(F)cc3)cc2C#N)C[C@H]1C. The molecule has 1 saturated carbocycles. The molecule has 0 spiro atoms. The van der Waals surface area contributed by atoms with E-state index in [-0.39, 0.29) is 17.8 Å². The Hall–Kier alpha value is -2.98. The summed E-state index contributed by atoms with van der Waals surface area (Å²) >= 11 is 0. The van der Waals surface area contributed by atoms with Gasteiger partial charge in [-0.2, -0.15) is 5.26 Å². The van der Waals surface area contributed by atoms with Crippen LogP contribution >= 0.6 is 0 Å². The molecular weight excluding hydrogens is 395 g/mol. The van der Waals surface area contributed by atoms with Crippen LogP contribution in [0.2, 0.25) is 0 Å². The van der Waals surface area contributed by atoms with Gasteiger partial charge in [0.05, 0.1) is 24.3 Å². The molecule has 2 heterocycles. The Morgan fingerprint density at radius 2 is 2.03 bits per heavy atom. The molecule has 1 saturated heterocycles. The molecule has 7 heteroatoms. The lowest BCUT2D eigenvalue weighted by molar-refractivity contribution is -0.134. The van der Waals surface area contributed by atoms with Crippen molar-refractivity contribution in [2.45, 2.75) is 38.1 Å². The Morgan fingerprint density at radius 1 is 1.29 bits per heavy atom. The van der Waals surface area contributed by atoms with Crippen molar-refractivity contribution in [1.29, 1.82) is 5.26 Å². The second kappa shape index (κ2) is 9.03. The summed E-state index contributed by atoms with van der Waals surface area (Å²) in [6, 6.07) is 10.6. The van der Waals surface area contributed by atoms with Crippen LogP contribution in [0.1, 0.15) is 43.4 Å². The molecule has 1 aliphatic carbocycles. The highest BCUT2D eigenvalue weighted by molar-refractivity contribution is 5.77. The van der Waals surface area contributed by atoms with E-state index in [1.54, 1.807) is 19.2 Å². The normalized spacial score (nSPS) is 18.7. The van der Waals surface area contributed by atoms with Crippen molar-refractivity contribution in [3.63, 3.8) is 0 Å².